The Morgan fingerprint density at radius 1 is 0.947 bits per heavy atom. The molecule has 10 heteroatoms. The van der Waals surface area contributed by atoms with Gasteiger partial charge in [0.2, 0.25) is 0 Å². The monoisotopic (exact) mass is 530 g/mol. The van der Waals surface area contributed by atoms with E-state index in [9.17, 15) is 13.2 Å². The zero-order chi connectivity index (χ0) is 25.9. The van der Waals surface area contributed by atoms with Crippen molar-refractivity contribution in [2.75, 3.05) is 13.1 Å². The topological polar surface area (TPSA) is 73.5 Å². The Bertz CT molecular complexity index is 1800. The summed E-state index contributed by atoms with van der Waals surface area (Å²) < 4.78 is 40.9. The van der Waals surface area contributed by atoms with E-state index in [-0.39, 0.29) is 18.1 Å². The van der Waals surface area contributed by atoms with Gasteiger partial charge in [-0.3, -0.25) is 20.0 Å². The van der Waals surface area contributed by atoms with Crippen molar-refractivity contribution in [2.24, 2.45) is 0 Å². The molecular formula is C28H21F3N6S. The van der Waals surface area contributed by atoms with Gasteiger partial charge in [0.1, 0.15) is 5.69 Å². The van der Waals surface area contributed by atoms with E-state index < -0.39 is 5.92 Å². The lowest BCUT2D eigenvalue weighted by Crippen LogP contribution is -2.24. The van der Waals surface area contributed by atoms with Crippen molar-refractivity contribution in [2.45, 2.75) is 18.9 Å². The third kappa shape index (κ3) is 4.15. The fourth-order valence-electron chi connectivity index (χ4n) is 5.15. The highest BCUT2D eigenvalue weighted by Crippen LogP contribution is 2.36. The average molecular weight is 531 g/mol. The molecule has 0 aliphatic carbocycles. The minimum Gasteiger partial charge on any atom is -0.353 e. The maximum atomic E-state index is 13.7. The number of benzene rings is 1. The lowest BCUT2D eigenvalue weighted by atomic mass is 10.0. The van der Waals surface area contributed by atoms with E-state index in [1.807, 2.05) is 30.3 Å². The SMILES string of the molecule is Fc1ccc(-c2nccc3[nH]c(-c4n[nH]c5ccc(-c6cncc(CN7CCC(F)(F)C7)c6)cc45)cc23)s1. The highest BCUT2D eigenvalue weighted by Gasteiger charge is 2.37. The van der Waals surface area contributed by atoms with Crippen LogP contribution in [0.3, 0.4) is 0 Å². The number of halogens is 3. The third-order valence-corrected chi connectivity index (χ3v) is 7.84. The smallest absolute Gasteiger partial charge is 0.261 e. The zero-order valence-electron chi connectivity index (χ0n) is 20.0. The number of alkyl halides is 2. The van der Waals surface area contributed by atoms with Crippen LogP contribution in [0, 0.1) is 5.13 Å². The molecule has 6 nitrogen and oxygen atoms in total. The molecule has 6 aromatic rings. The standard InChI is InChI=1S/C28H21F3N6S/c29-25-4-3-24(38-25)27-20-11-23(34-21(20)5-7-33-27)26-19-10-17(1-2-22(19)35-36-26)18-9-16(12-32-13-18)14-37-8-6-28(30,31)15-37/h1-5,7,9-13,34H,6,8,14-15H2,(H,35,36). The van der Waals surface area contributed by atoms with Gasteiger partial charge in [0.25, 0.3) is 5.92 Å². The molecule has 1 aliphatic heterocycles. The summed E-state index contributed by atoms with van der Waals surface area (Å²) in [4.78, 5) is 14.8. The van der Waals surface area contributed by atoms with Crippen LogP contribution in [0.4, 0.5) is 13.2 Å². The second-order valence-electron chi connectivity index (χ2n) is 9.64. The minimum atomic E-state index is -2.62. The number of thiophene rings is 1. The molecular weight excluding hydrogens is 509 g/mol. The second-order valence-corrected chi connectivity index (χ2v) is 10.7. The van der Waals surface area contributed by atoms with Crippen molar-refractivity contribution >= 4 is 33.1 Å². The van der Waals surface area contributed by atoms with Gasteiger partial charge in [0.05, 0.1) is 28.3 Å². The number of hydrogen-bond donors (Lipinski definition) is 2. The van der Waals surface area contributed by atoms with Crippen LogP contribution in [0.5, 0.6) is 0 Å². The molecule has 2 N–H and O–H groups in total. The molecule has 1 saturated heterocycles. The van der Waals surface area contributed by atoms with E-state index in [1.54, 1.807) is 29.6 Å². The molecule has 1 aliphatic rings. The Balaban J connectivity index is 1.24. The summed E-state index contributed by atoms with van der Waals surface area (Å²) in [5.74, 6) is -2.62. The Labute approximate surface area is 219 Å². The Morgan fingerprint density at radius 2 is 1.84 bits per heavy atom. The van der Waals surface area contributed by atoms with Gasteiger partial charge in [0, 0.05) is 60.0 Å². The molecule has 0 amide bonds. The number of fused-ring (bicyclic) bond motifs is 2. The number of H-pyrrole nitrogens is 2. The quantitative estimate of drug-likeness (QED) is 0.255. The normalized spacial score (nSPS) is 15.7. The summed E-state index contributed by atoms with van der Waals surface area (Å²) in [6, 6.07) is 15.1. The van der Waals surface area contributed by atoms with Crippen LogP contribution < -0.4 is 0 Å². The predicted octanol–water partition coefficient (Wildman–Crippen LogP) is 6.88. The Kier molecular flexibility index (Phi) is 5.34. The van der Waals surface area contributed by atoms with Crippen LogP contribution in [0.2, 0.25) is 0 Å². The van der Waals surface area contributed by atoms with Crippen LogP contribution in [-0.2, 0) is 6.54 Å². The molecule has 7 rings (SSSR count). The molecule has 0 spiro atoms. The van der Waals surface area contributed by atoms with E-state index in [0.717, 1.165) is 71.8 Å². The van der Waals surface area contributed by atoms with Gasteiger partial charge < -0.3 is 4.98 Å². The van der Waals surface area contributed by atoms with Crippen LogP contribution in [0.1, 0.15) is 12.0 Å². The van der Waals surface area contributed by atoms with Crippen molar-refractivity contribution in [3.05, 3.63) is 77.8 Å². The molecule has 6 heterocycles. The molecule has 0 bridgehead atoms. The first kappa shape index (κ1) is 23.1. The Hall–Kier alpha value is -4.02. The number of pyridine rings is 2. The van der Waals surface area contributed by atoms with Gasteiger partial charge in [-0.1, -0.05) is 6.07 Å². The highest BCUT2D eigenvalue weighted by molar-refractivity contribution is 7.13. The summed E-state index contributed by atoms with van der Waals surface area (Å²) in [5, 5.41) is 9.24. The van der Waals surface area contributed by atoms with E-state index >= 15 is 0 Å². The fourth-order valence-corrected chi connectivity index (χ4v) is 5.89. The Morgan fingerprint density at radius 3 is 2.66 bits per heavy atom. The van der Waals surface area contributed by atoms with Crippen LogP contribution in [0.25, 0.3) is 54.9 Å². The number of aromatic nitrogens is 5. The van der Waals surface area contributed by atoms with Crippen LogP contribution >= 0.6 is 11.3 Å². The van der Waals surface area contributed by atoms with Crippen molar-refractivity contribution in [3.8, 4) is 33.1 Å². The lowest BCUT2D eigenvalue weighted by Gasteiger charge is -2.15. The number of rotatable bonds is 5. The summed E-state index contributed by atoms with van der Waals surface area (Å²) in [6.45, 7) is 0.602. The molecule has 5 aromatic heterocycles. The molecule has 1 fully saturated rings. The van der Waals surface area contributed by atoms with Gasteiger partial charge in [-0.05, 0) is 53.6 Å². The molecule has 0 radical (unpaired) electrons. The average Bonchev–Trinajstić information content (AvgIpc) is 3.69. The first-order chi connectivity index (χ1) is 18.4. The molecule has 0 unspecified atom stereocenters. The molecule has 38 heavy (non-hydrogen) atoms. The zero-order valence-corrected chi connectivity index (χ0v) is 20.8. The van der Waals surface area contributed by atoms with Crippen molar-refractivity contribution in [1.82, 2.24) is 30.0 Å². The molecule has 0 saturated carbocycles. The highest BCUT2D eigenvalue weighted by atomic mass is 32.1. The van der Waals surface area contributed by atoms with Crippen LogP contribution in [-0.4, -0.2) is 49.1 Å². The van der Waals surface area contributed by atoms with E-state index in [4.69, 9.17) is 0 Å². The molecule has 190 valence electrons. The number of aromatic amines is 2. The third-order valence-electron chi connectivity index (χ3n) is 6.96. The number of nitrogens with one attached hydrogen (secondary N) is 2. The fraction of sp³-hybridized carbons (Fsp3) is 0.179. The maximum absolute atomic E-state index is 13.7. The second kappa shape index (κ2) is 8.78. The van der Waals surface area contributed by atoms with Gasteiger partial charge in [-0.2, -0.15) is 9.49 Å². The van der Waals surface area contributed by atoms with Crippen molar-refractivity contribution in [3.63, 3.8) is 0 Å². The van der Waals surface area contributed by atoms with Crippen molar-refractivity contribution in [1.29, 1.82) is 0 Å². The van der Waals surface area contributed by atoms with E-state index in [1.165, 1.54) is 6.07 Å². The first-order valence-electron chi connectivity index (χ1n) is 12.2. The number of likely N-dealkylation sites (tertiary alicyclic amines) is 1. The first-order valence-corrected chi connectivity index (χ1v) is 13.0. The summed E-state index contributed by atoms with van der Waals surface area (Å²) in [7, 11) is 0. The van der Waals surface area contributed by atoms with Gasteiger partial charge >= 0.3 is 0 Å². The summed E-state index contributed by atoms with van der Waals surface area (Å²) >= 11 is 1.06. The maximum Gasteiger partial charge on any atom is 0.261 e. The van der Waals surface area contributed by atoms with Crippen LogP contribution in [0.15, 0.2) is 67.1 Å². The number of hydrogen-bond acceptors (Lipinski definition) is 5. The minimum absolute atomic E-state index is 0.102. The summed E-state index contributed by atoms with van der Waals surface area (Å²) in [5.41, 5.74) is 6.81. The van der Waals surface area contributed by atoms with Gasteiger partial charge in [-0.25, -0.2) is 8.78 Å². The predicted molar refractivity (Wildman–Crippen MR) is 143 cm³/mol. The lowest BCUT2D eigenvalue weighted by molar-refractivity contribution is 0.0115. The largest absolute Gasteiger partial charge is 0.353 e. The van der Waals surface area contributed by atoms with Crippen molar-refractivity contribution < 1.29 is 13.2 Å². The van der Waals surface area contributed by atoms with Gasteiger partial charge in [-0.15, -0.1) is 11.3 Å². The van der Waals surface area contributed by atoms with Gasteiger partial charge in [0.15, 0.2) is 5.13 Å². The molecule has 0 atom stereocenters. The summed E-state index contributed by atoms with van der Waals surface area (Å²) in [6.07, 6.45) is 5.12. The van der Waals surface area contributed by atoms with E-state index in [2.05, 4.69) is 31.2 Å². The number of nitrogens with zero attached hydrogens (tertiary/aromatic N) is 4. The van der Waals surface area contributed by atoms with E-state index in [0.29, 0.717) is 13.1 Å². The molecule has 1 aromatic carbocycles.